The average molecular weight is 931 g/mol. The van der Waals surface area contributed by atoms with Gasteiger partial charge in [-0.2, -0.15) is 4.98 Å². The number of nitrogens with zero attached hydrogens (tertiary/aromatic N) is 6. The molecule has 0 bridgehead atoms. The molecular formula is C46H49ClF2N8O9. The molecule has 4 heterocycles. The van der Waals surface area contributed by atoms with Gasteiger partial charge in [-0.1, -0.05) is 30.2 Å². The minimum atomic E-state index is -0.995. The van der Waals surface area contributed by atoms with Crippen molar-refractivity contribution in [1.29, 1.82) is 0 Å². The van der Waals surface area contributed by atoms with Crippen LogP contribution in [0.15, 0.2) is 67.2 Å². The first-order valence-electron chi connectivity index (χ1n) is 21.1. The zero-order chi connectivity index (χ0) is 47.3. The summed E-state index contributed by atoms with van der Waals surface area (Å²) in [7, 11) is 1.63. The Morgan fingerprint density at radius 1 is 1.09 bits per heavy atom. The van der Waals surface area contributed by atoms with E-state index in [0.717, 1.165) is 17.7 Å². The fourth-order valence-electron chi connectivity index (χ4n) is 7.51. The number of halogens is 3. The summed E-state index contributed by atoms with van der Waals surface area (Å²) in [6.45, 7) is 6.82. The lowest BCUT2D eigenvalue weighted by Crippen LogP contribution is -2.52. The van der Waals surface area contributed by atoms with Crippen LogP contribution in [0.25, 0.3) is 16.5 Å². The van der Waals surface area contributed by atoms with Crippen LogP contribution in [-0.4, -0.2) is 145 Å². The molecule has 17 nitrogen and oxygen atoms in total. The van der Waals surface area contributed by atoms with Crippen molar-refractivity contribution >= 4 is 69.4 Å². The lowest BCUT2D eigenvalue weighted by molar-refractivity contribution is -0.137. The van der Waals surface area contributed by atoms with E-state index in [9.17, 15) is 24.0 Å². The fraction of sp³-hybridized carbons (Fsp3) is 0.370. The second-order valence-corrected chi connectivity index (χ2v) is 15.6. The number of ether oxygens (including phenoxy) is 3. The van der Waals surface area contributed by atoms with E-state index in [1.807, 2.05) is 4.90 Å². The highest BCUT2D eigenvalue weighted by Gasteiger charge is 2.39. The lowest BCUT2D eigenvalue weighted by Gasteiger charge is -2.35. The number of piperazine rings is 1. The molecule has 348 valence electrons. The molecule has 3 N–H and O–H groups in total. The molecule has 0 aliphatic carbocycles. The number of imide groups is 1. The van der Waals surface area contributed by atoms with Crippen LogP contribution in [-0.2, 0) is 35.2 Å². The Balaban J connectivity index is 0.965. The van der Waals surface area contributed by atoms with E-state index in [4.69, 9.17) is 37.3 Å². The molecule has 1 unspecified atom stereocenters. The average Bonchev–Trinajstić information content (AvgIpc) is 3.63. The van der Waals surface area contributed by atoms with Gasteiger partial charge in [0.2, 0.25) is 29.6 Å². The van der Waals surface area contributed by atoms with Crippen molar-refractivity contribution in [1.82, 2.24) is 30.0 Å². The molecule has 2 aromatic carbocycles. The van der Waals surface area contributed by atoms with Gasteiger partial charge in [-0.3, -0.25) is 29.3 Å². The van der Waals surface area contributed by atoms with E-state index >= 15 is 8.78 Å². The normalized spacial score (nSPS) is 16.7. The number of allylic oxidation sites excluding steroid dienone is 5. The smallest absolute Gasteiger partial charge is 0.255 e. The molecule has 6 rings (SSSR count). The van der Waals surface area contributed by atoms with Crippen molar-refractivity contribution in [3.05, 3.63) is 94.8 Å². The van der Waals surface area contributed by atoms with E-state index in [1.54, 1.807) is 30.1 Å². The minimum Gasteiger partial charge on any atom is -0.516 e. The monoisotopic (exact) mass is 930 g/mol. The second kappa shape index (κ2) is 22.8. The molecule has 0 spiro atoms. The third-order valence-corrected chi connectivity index (χ3v) is 11.3. The first kappa shape index (κ1) is 48.6. The molecule has 2 saturated heterocycles. The quantitative estimate of drug-likeness (QED) is 0.0362. The maximum atomic E-state index is 16.5. The van der Waals surface area contributed by atoms with E-state index in [-0.39, 0.29) is 111 Å². The highest BCUT2D eigenvalue weighted by Crippen LogP contribution is 2.38. The highest BCUT2D eigenvalue weighted by atomic mass is 35.5. The molecule has 3 aromatic rings. The van der Waals surface area contributed by atoms with E-state index in [1.165, 1.54) is 28.0 Å². The number of rotatable bonds is 20. The molecule has 1 aromatic heterocycles. The minimum absolute atomic E-state index is 0.0136. The van der Waals surface area contributed by atoms with Gasteiger partial charge in [-0.15, -0.1) is 6.42 Å². The summed E-state index contributed by atoms with van der Waals surface area (Å²) in [6, 6.07) is 5.82. The molecular weight excluding hydrogens is 882 g/mol. The first-order valence-corrected chi connectivity index (χ1v) is 21.5. The summed E-state index contributed by atoms with van der Waals surface area (Å²) in [6.07, 6.45) is 11.3. The molecule has 0 saturated carbocycles. The number of aromatic nitrogens is 2. The van der Waals surface area contributed by atoms with Crippen LogP contribution in [0.4, 0.5) is 20.5 Å². The Hall–Kier alpha value is -6.88. The van der Waals surface area contributed by atoms with Gasteiger partial charge in [-0.05, 0) is 54.5 Å². The molecule has 3 aliphatic heterocycles. The number of benzene rings is 2. The predicted octanol–water partition coefficient (Wildman–Crippen LogP) is 4.33. The number of aliphatic hydroxyl groups excluding tert-OH is 1. The standard InChI is InChI=1S/C46H49ClF2N8O9/c1-4-31(35(48)8-6-7-20-58)40-34(47)27-33-42(41(40)49)52-46(53-43(33)56-17-15-55(16-18-56)38(60)5-2)50-14-13-39(61)54(3)19-21-64-22-23-65-24-25-66-30-9-10-32-29(26-30)28-57(45(32)63)36-11-12-37(59)51-44(36)62/h1,5-10,20,26-27,36,58H,2,11-19,21-25,28H2,3H3,(H,50,52,53)(H,51,59,62)/b8-6-,20-7+,35-31-. The number of nitrogens with one attached hydrogen (secondary N) is 2. The molecule has 0 radical (unpaired) electrons. The number of aliphatic hydroxyl groups is 1. The van der Waals surface area contributed by atoms with Crippen LogP contribution in [0.2, 0.25) is 5.02 Å². The zero-order valence-corrected chi connectivity index (χ0v) is 37.0. The van der Waals surface area contributed by atoms with Gasteiger partial charge >= 0.3 is 0 Å². The molecule has 1 atom stereocenters. The Morgan fingerprint density at radius 2 is 1.83 bits per heavy atom. The van der Waals surface area contributed by atoms with Crippen molar-refractivity contribution in [2.24, 2.45) is 0 Å². The van der Waals surface area contributed by atoms with E-state index in [0.29, 0.717) is 56.1 Å². The van der Waals surface area contributed by atoms with Gasteiger partial charge < -0.3 is 44.2 Å². The zero-order valence-electron chi connectivity index (χ0n) is 36.2. The summed E-state index contributed by atoms with van der Waals surface area (Å²) in [5.74, 6) is -0.487. The summed E-state index contributed by atoms with van der Waals surface area (Å²) in [5, 5.41) is 14.2. The van der Waals surface area contributed by atoms with Crippen LogP contribution < -0.4 is 20.3 Å². The van der Waals surface area contributed by atoms with Gasteiger partial charge in [0.05, 0.1) is 43.3 Å². The van der Waals surface area contributed by atoms with E-state index in [2.05, 4.69) is 33.1 Å². The molecule has 2 fully saturated rings. The summed E-state index contributed by atoms with van der Waals surface area (Å²) >= 11 is 6.56. The number of anilines is 2. The Kier molecular flexibility index (Phi) is 16.8. The number of hydrogen-bond donors (Lipinski definition) is 3. The number of carbonyl (C=O) groups excluding carboxylic acids is 5. The number of terminal acetylenes is 1. The molecule has 5 amide bonds. The summed E-state index contributed by atoms with van der Waals surface area (Å²) in [4.78, 5) is 77.5. The third-order valence-electron chi connectivity index (χ3n) is 11.0. The van der Waals surface area contributed by atoms with Crippen molar-refractivity contribution in [3.8, 4) is 18.1 Å². The van der Waals surface area contributed by atoms with Gasteiger partial charge in [0.25, 0.3) is 5.91 Å². The highest BCUT2D eigenvalue weighted by molar-refractivity contribution is 6.33. The van der Waals surface area contributed by atoms with Crippen molar-refractivity contribution in [3.63, 3.8) is 0 Å². The Morgan fingerprint density at radius 3 is 2.55 bits per heavy atom. The van der Waals surface area contributed by atoms with Crippen molar-refractivity contribution in [2.45, 2.75) is 31.8 Å². The predicted molar refractivity (Wildman–Crippen MR) is 242 cm³/mol. The van der Waals surface area contributed by atoms with Crippen LogP contribution >= 0.6 is 11.6 Å². The number of piperidine rings is 1. The van der Waals surface area contributed by atoms with Crippen LogP contribution in [0, 0.1) is 18.2 Å². The first-order chi connectivity index (χ1) is 31.8. The van der Waals surface area contributed by atoms with Gasteiger partial charge in [0.1, 0.15) is 35.6 Å². The molecule has 3 aliphatic rings. The topological polar surface area (TPSA) is 196 Å². The summed E-state index contributed by atoms with van der Waals surface area (Å²) < 4.78 is 48.7. The maximum absolute atomic E-state index is 16.5. The number of likely N-dealkylation sites (N-methyl/N-ethyl adjacent to an activating group) is 1. The van der Waals surface area contributed by atoms with Gasteiger partial charge in [0.15, 0.2) is 5.82 Å². The summed E-state index contributed by atoms with van der Waals surface area (Å²) in [5.41, 5.74) is 0.157. The van der Waals surface area contributed by atoms with Crippen LogP contribution in [0.3, 0.4) is 0 Å². The number of fused-ring (bicyclic) bond motifs is 2. The number of hydrogen-bond acceptors (Lipinski definition) is 13. The lowest BCUT2D eigenvalue weighted by atomic mass is 10.0. The van der Waals surface area contributed by atoms with Crippen molar-refractivity contribution < 1.29 is 52.1 Å². The van der Waals surface area contributed by atoms with Gasteiger partial charge in [0, 0.05) is 82.2 Å². The van der Waals surface area contributed by atoms with Gasteiger partial charge in [-0.25, -0.2) is 13.8 Å². The van der Waals surface area contributed by atoms with E-state index < -0.39 is 34.7 Å². The van der Waals surface area contributed by atoms with Crippen molar-refractivity contribution in [2.75, 3.05) is 89.6 Å². The Labute approximate surface area is 384 Å². The van der Waals surface area contributed by atoms with Crippen LogP contribution in [0.5, 0.6) is 5.75 Å². The molecule has 20 heteroatoms. The largest absolute Gasteiger partial charge is 0.516 e. The third kappa shape index (κ3) is 11.7. The fourth-order valence-corrected chi connectivity index (χ4v) is 7.80. The second-order valence-electron chi connectivity index (χ2n) is 15.2. The maximum Gasteiger partial charge on any atom is 0.255 e. The van der Waals surface area contributed by atoms with Crippen LogP contribution in [0.1, 0.15) is 40.7 Å². The number of amides is 5. The Bertz CT molecular complexity index is 2500. The SMILES string of the molecule is C#C\C(=C(F)/C=C\C=C\O)c1c(Cl)cc2c(N3CCN(C(=O)C=C)CC3)nc(NCCC(=O)N(C)CCOCCOCCOc3ccc4c(c3)CN(C3CCC(=O)NC3=O)C4=O)nc2c1F. The molecule has 66 heavy (non-hydrogen) atoms. The number of carbonyl (C=O) groups is 5.